The fourth-order valence-corrected chi connectivity index (χ4v) is 1.41. The lowest BCUT2D eigenvalue weighted by molar-refractivity contribution is -0.130. The summed E-state index contributed by atoms with van der Waals surface area (Å²) >= 11 is 0. The van der Waals surface area contributed by atoms with Gasteiger partial charge in [0.1, 0.15) is 0 Å². The Morgan fingerprint density at radius 3 is 2.38 bits per heavy atom. The van der Waals surface area contributed by atoms with Gasteiger partial charge in [0, 0.05) is 13.1 Å². The lowest BCUT2D eigenvalue weighted by Crippen LogP contribution is -2.39. The number of carbonyl (C=O) groups excluding carboxylic acids is 1. The van der Waals surface area contributed by atoms with Crippen LogP contribution in [0.3, 0.4) is 0 Å². The van der Waals surface area contributed by atoms with E-state index in [1.807, 2.05) is 20.8 Å². The summed E-state index contributed by atoms with van der Waals surface area (Å²) in [4.78, 5) is 11.4. The van der Waals surface area contributed by atoms with E-state index in [1.54, 1.807) is 7.05 Å². The summed E-state index contributed by atoms with van der Waals surface area (Å²) in [6.07, 6.45) is 0. The highest BCUT2D eigenvalue weighted by Gasteiger charge is 2.33. The van der Waals surface area contributed by atoms with Crippen LogP contribution in [0.5, 0.6) is 0 Å². The molecule has 4 nitrogen and oxygen atoms in total. The predicted octanol–water partition coefficient (Wildman–Crippen LogP) is 0.434. The van der Waals surface area contributed by atoms with Crippen LogP contribution in [0.15, 0.2) is 5.10 Å². The first kappa shape index (κ1) is 10.2. The lowest BCUT2D eigenvalue weighted by atomic mass is 9.92. The maximum atomic E-state index is 11.4. The fraction of sp³-hybridized carbons (Fsp3) is 0.778. The Kier molecular flexibility index (Phi) is 2.71. The Hall–Kier alpha value is -0.900. The molecule has 0 aromatic carbocycles. The summed E-state index contributed by atoms with van der Waals surface area (Å²) in [7, 11) is 1.67. The Labute approximate surface area is 78.8 Å². The van der Waals surface area contributed by atoms with Crippen LogP contribution in [0.2, 0.25) is 0 Å². The van der Waals surface area contributed by atoms with Gasteiger partial charge in [-0.15, -0.1) is 0 Å². The van der Waals surface area contributed by atoms with Gasteiger partial charge in [0.25, 0.3) is 5.91 Å². The zero-order chi connectivity index (χ0) is 10.2. The van der Waals surface area contributed by atoms with Crippen molar-refractivity contribution in [1.29, 1.82) is 0 Å². The van der Waals surface area contributed by atoms with Crippen molar-refractivity contribution in [2.24, 2.45) is 22.7 Å². The van der Waals surface area contributed by atoms with E-state index in [9.17, 15) is 4.79 Å². The fourth-order valence-electron chi connectivity index (χ4n) is 1.41. The normalized spacial score (nSPS) is 25.4. The summed E-state index contributed by atoms with van der Waals surface area (Å²) in [6, 6.07) is -0.108. The Bertz CT molecular complexity index is 247. The molecule has 13 heavy (non-hydrogen) atoms. The molecular weight excluding hydrogens is 166 g/mol. The third-order valence-corrected chi connectivity index (χ3v) is 2.46. The number of nitrogens with zero attached hydrogens (tertiary/aromatic N) is 2. The Balaban J connectivity index is 2.82. The van der Waals surface area contributed by atoms with E-state index in [4.69, 9.17) is 5.73 Å². The van der Waals surface area contributed by atoms with E-state index >= 15 is 0 Å². The highest BCUT2D eigenvalue weighted by Crippen LogP contribution is 2.17. The maximum absolute atomic E-state index is 11.4. The predicted molar refractivity (Wildman–Crippen MR) is 52.2 cm³/mol. The van der Waals surface area contributed by atoms with Gasteiger partial charge in [-0.3, -0.25) is 4.79 Å². The molecule has 1 heterocycles. The minimum atomic E-state index is -0.151. The average molecular weight is 183 g/mol. The second-order valence-electron chi connectivity index (χ2n) is 3.88. The number of rotatable bonds is 2. The first-order chi connectivity index (χ1) is 5.95. The molecule has 1 rings (SSSR count). The van der Waals surface area contributed by atoms with E-state index in [2.05, 4.69) is 5.10 Å². The van der Waals surface area contributed by atoms with Crippen LogP contribution in [-0.2, 0) is 4.79 Å². The second kappa shape index (κ2) is 3.46. The van der Waals surface area contributed by atoms with Crippen molar-refractivity contribution < 1.29 is 4.79 Å². The SMILES string of the molecule is CC1C(=O)N(C)N=C1[C@@H](N)C(C)C. The summed E-state index contributed by atoms with van der Waals surface area (Å²) in [5.74, 6) is 0.203. The molecule has 0 spiro atoms. The molecule has 1 aliphatic rings. The minimum absolute atomic E-state index is 0.0334. The smallest absolute Gasteiger partial charge is 0.251 e. The Morgan fingerprint density at radius 2 is 2.08 bits per heavy atom. The van der Waals surface area contributed by atoms with Crippen molar-refractivity contribution in [2.75, 3.05) is 7.05 Å². The monoisotopic (exact) mass is 183 g/mol. The van der Waals surface area contributed by atoms with Gasteiger partial charge in [0.15, 0.2) is 0 Å². The average Bonchev–Trinajstić information content (AvgIpc) is 2.31. The summed E-state index contributed by atoms with van der Waals surface area (Å²) < 4.78 is 0. The first-order valence-electron chi connectivity index (χ1n) is 4.56. The number of hydrogen-bond acceptors (Lipinski definition) is 3. The first-order valence-corrected chi connectivity index (χ1v) is 4.56. The van der Waals surface area contributed by atoms with Crippen molar-refractivity contribution >= 4 is 11.6 Å². The van der Waals surface area contributed by atoms with Crippen LogP contribution in [0.1, 0.15) is 20.8 Å². The molecule has 1 aliphatic heterocycles. The number of hydrogen-bond donors (Lipinski definition) is 1. The highest BCUT2D eigenvalue weighted by atomic mass is 16.2. The van der Waals surface area contributed by atoms with Gasteiger partial charge in [-0.05, 0) is 12.8 Å². The van der Waals surface area contributed by atoms with Gasteiger partial charge >= 0.3 is 0 Å². The van der Waals surface area contributed by atoms with Gasteiger partial charge < -0.3 is 5.73 Å². The van der Waals surface area contributed by atoms with E-state index in [0.717, 1.165) is 5.71 Å². The van der Waals surface area contributed by atoms with Crippen LogP contribution in [0.25, 0.3) is 0 Å². The second-order valence-corrected chi connectivity index (χ2v) is 3.88. The number of amides is 1. The van der Waals surface area contributed by atoms with Crippen LogP contribution in [0.4, 0.5) is 0 Å². The molecule has 1 amide bonds. The molecule has 4 heteroatoms. The number of nitrogens with two attached hydrogens (primary N) is 1. The largest absolute Gasteiger partial charge is 0.323 e. The molecule has 0 saturated heterocycles. The molecule has 0 bridgehead atoms. The summed E-state index contributed by atoms with van der Waals surface area (Å²) in [6.45, 7) is 5.91. The van der Waals surface area contributed by atoms with Crippen molar-refractivity contribution in [1.82, 2.24) is 5.01 Å². The highest BCUT2D eigenvalue weighted by molar-refractivity contribution is 6.09. The van der Waals surface area contributed by atoms with Crippen LogP contribution in [-0.4, -0.2) is 29.7 Å². The molecule has 1 unspecified atom stereocenters. The minimum Gasteiger partial charge on any atom is -0.323 e. The number of carbonyl (C=O) groups is 1. The quantitative estimate of drug-likeness (QED) is 0.675. The Morgan fingerprint density at radius 1 is 1.54 bits per heavy atom. The third-order valence-electron chi connectivity index (χ3n) is 2.46. The zero-order valence-corrected chi connectivity index (χ0v) is 8.61. The van der Waals surface area contributed by atoms with Crippen molar-refractivity contribution in [2.45, 2.75) is 26.8 Å². The molecule has 0 fully saturated rings. The van der Waals surface area contributed by atoms with E-state index in [1.165, 1.54) is 5.01 Å². The van der Waals surface area contributed by atoms with E-state index in [-0.39, 0.29) is 17.9 Å². The van der Waals surface area contributed by atoms with Gasteiger partial charge in [0.2, 0.25) is 0 Å². The molecule has 0 radical (unpaired) electrons. The van der Waals surface area contributed by atoms with Crippen molar-refractivity contribution in [3.8, 4) is 0 Å². The molecule has 2 atom stereocenters. The molecule has 74 valence electrons. The molecular formula is C9H17N3O. The summed E-state index contributed by atoms with van der Waals surface area (Å²) in [5.41, 5.74) is 6.73. The van der Waals surface area contributed by atoms with Crippen molar-refractivity contribution in [3.63, 3.8) is 0 Å². The van der Waals surface area contributed by atoms with Crippen LogP contribution in [0, 0.1) is 11.8 Å². The molecule has 0 aromatic heterocycles. The van der Waals surface area contributed by atoms with Gasteiger partial charge in [-0.2, -0.15) is 5.10 Å². The van der Waals surface area contributed by atoms with E-state index < -0.39 is 0 Å². The molecule has 0 aliphatic carbocycles. The van der Waals surface area contributed by atoms with Crippen LogP contribution < -0.4 is 5.73 Å². The van der Waals surface area contributed by atoms with Crippen LogP contribution >= 0.6 is 0 Å². The summed E-state index contributed by atoms with van der Waals surface area (Å²) in [5, 5.41) is 5.52. The molecule has 2 N–H and O–H groups in total. The third kappa shape index (κ3) is 1.72. The maximum Gasteiger partial charge on any atom is 0.251 e. The van der Waals surface area contributed by atoms with Gasteiger partial charge in [0.05, 0.1) is 11.6 Å². The van der Waals surface area contributed by atoms with Gasteiger partial charge in [-0.1, -0.05) is 13.8 Å². The van der Waals surface area contributed by atoms with Crippen molar-refractivity contribution in [3.05, 3.63) is 0 Å². The standard InChI is InChI=1S/C9H17N3O/c1-5(2)7(10)8-6(3)9(13)12(4)11-8/h5-7H,10H2,1-4H3/t6?,7-/m0/s1. The van der Waals surface area contributed by atoms with E-state index in [0.29, 0.717) is 5.92 Å². The van der Waals surface area contributed by atoms with Gasteiger partial charge in [-0.25, -0.2) is 5.01 Å². The lowest BCUT2D eigenvalue weighted by Gasteiger charge is -2.16. The molecule has 0 aromatic rings. The topological polar surface area (TPSA) is 58.7 Å². The zero-order valence-electron chi connectivity index (χ0n) is 8.61. The molecule has 0 saturated carbocycles. The number of hydrazone groups is 1.